The lowest BCUT2D eigenvalue weighted by atomic mass is 9.99. The molecule has 1 atom stereocenters. The van der Waals surface area contributed by atoms with Crippen LogP contribution in [0.25, 0.3) is 17.2 Å². The standard InChI is InChI=1S/C27H33N5O3/c1-5-22-14-20(10-11-29-22)23-15-21(16-28)27(30-26(23)19-6-7-19)31-12-13-32(18(2)17-31)24(33)8-9-25(34-3)35-4/h5,10-11,14-15,18-19,25H,1,6-9,12-13,17H2,2-4H3. The zero-order valence-electron chi connectivity index (χ0n) is 20.7. The highest BCUT2D eigenvalue weighted by molar-refractivity contribution is 5.77. The molecule has 1 amide bonds. The molecule has 2 aromatic rings. The second kappa shape index (κ2) is 11.0. The van der Waals surface area contributed by atoms with Crippen LogP contribution in [0.2, 0.25) is 0 Å². The molecule has 2 fully saturated rings. The predicted octanol–water partition coefficient (Wildman–Crippen LogP) is 3.97. The van der Waals surface area contributed by atoms with E-state index >= 15 is 0 Å². The van der Waals surface area contributed by atoms with Gasteiger partial charge in [-0.05, 0) is 49.6 Å². The van der Waals surface area contributed by atoms with E-state index in [1.807, 2.05) is 30.0 Å². The van der Waals surface area contributed by atoms with Crippen molar-refractivity contribution in [2.45, 2.75) is 50.9 Å². The number of anilines is 1. The van der Waals surface area contributed by atoms with Gasteiger partial charge in [0.05, 0.1) is 17.0 Å². The molecule has 0 radical (unpaired) electrons. The maximum atomic E-state index is 12.8. The van der Waals surface area contributed by atoms with Crippen molar-refractivity contribution in [3.8, 4) is 17.2 Å². The molecule has 1 aliphatic carbocycles. The van der Waals surface area contributed by atoms with Crippen molar-refractivity contribution in [3.63, 3.8) is 0 Å². The van der Waals surface area contributed by atoms with Crippen molar-refractivity contribution in [1.82, 2.24) is 14.9 Å². The topological polar surface area (TPSA) is 91.6 Å². The summed E-state index contributed by atoms with van der Waals surface area (Å²) in [5.74, 6) is 1.22. The van der Waals surface area contributed by atoms with E-state index in [1.54, 1.807) is 26.5 Å². The smallest absolute Gasteiger partial charge is 0.223 e. The Morgan fingerprint density at radius 1 is 1.31 bits per heavy atom. The number of hydrogen-bond donors (Lipinski definition) is 0. The number of nitriles is 1. The van der Waals surface area contributed by atoms with Crippen molar-refractivity contribution in [3.05, 3.63) is 47.9 Å². The van der Waals surface area contributed by atoms with Gasteiger partial charge in [-0.3, -0.25) is 9.78 Å². The van der Waals surface area contributed by atoms with Crippen LogP contribution in [0.15, 0.2) is 31.0 Å². The molecule has 3 heterocycles. The normalized spacial score (nSPS) is 18.0. The van der Waals surface area contributed by atoms with Crippen molar-refractivity contribution in [1.29, 1.82) is 5.26 Å². The maximum Gasteiger partial charge on any atom is 0.223 e. The number of nitrogens with zero attached hydrogens (tertiary/aromatic N) is 5. The first-order valence-corrected chi connectivity index (χ1v) is 12.1. The molecule has 0 spiro atoms. The molecule has 8 heteroatoms. The number of piperazine rings is 1. The Morgan fingerprint density at radius 2 is 2.09 bits per heavy atom. The highest BCUT2D eigenvalue weighted by Gasteiger charge is 2.33. The minimum atomic E-state index is -0.375. The van der Waals surface area contributed by atoms with Crippen molar-refractivity contribution in [2.75, 3.05) is 38.8 Å². The zero-order chi connectivity index (χ0) is 24.9. The Balaban J connectivity index is 1.56. The second-order valence-electron chi connectivity index (χ2n) is 9.17. The summed E-state index contributed by atoms with van der Waals surface area (Å²) in [6.07, 6.45) is 6.22. The summed E-state index contributed by atoms with van der Waals surface area (Å²) in [6, 6.07) is 8.29. The number of hydrogen-bond acceptors (Lipinski definition) is 7. The number of aromatic nitrogens is 2. The van der Waals surface area contributed by atoms with E-state index in [1.165, 1.54) is 0 Å². The van der Waals surface area contributed by atoms with Crippen molar-refractivity contribution in [2.24, 2.45) is 0 Å². The van der Waals surface area contributed by atoms with Gasteiger partial charge in [0.2, 0.25) is 5.91 Å². The lowest BCUT2D eigenvalue weighted by Crippen LogP contribution is -2.54. The first kappa shape index (κ1) is 24.8. The van der Waals surface area contributed by atoms with Gasteiger partial charge in [0, 0.05) is 70.4 Å². The number of pyridine rings is 2. The predicted molar refractivity (Wildman–Crippen MR) is 135 cm³/mol. The molecule has 0 N–H and O–H groups in total. The second-order valence-corrected chi connectivity index (χ2v) is 9.17. The van der Waals surface area contributed by atoms with Gasteiger partial charge >= 0.3 is 0 Å². The SMILES string of the molecule is C=Cc1cc(-c2cc(C#N)c(N3CCN(C(=O)CCC(OC)OC)C(C)C3)nc2C2CC2)ccn1. The molecule has 2 aliphatic rings. The van der Waals surface area contributed by atoms with Crippen molar-refractivity contribution >= 4 is 17.8 Å². The lowest BCUT2D eigenvalue weighted by Gasteiger charge is -2.41. The fourth-order valence-corrected chi connectivity index (χ4v) is 4.70. The van der Waals surface area contributed by atoms with E-state index in [4.69, 9.17) is 14.5 Å². The number of ether oxygens (including phenoxy) is 2. The quantitative estimate of drug-likeness (QED) is 0.507. The third-order valence-electron chi connectivity index (χ3n) is 6.78. The number of carbonyl (C=O) groups is 1. The molecule has 0 aromatic carbocycles. The van der Waals surface area contributed by atoms with Gasteiger partial charge in [0.25, 0.3) is 0 Å². The van der Waals surface area contributed by atoms with E-state index in [0.29, 0.717) is 49.8 Å². The Morgan fingerprint density at radius 3 is 2.71 bits per heavy atom. The molecular weight excluding hydrogens is 442 g/mol. The van der Waals surface area contributed by atoms with Crippen molar-refractivity contribution < 1.29 is 14.3 Å². The highest BCUT2D eigenvalue weighted by Crippen LogP contribution is 2.45. The average molecular weight is 476 g/mol. The largest absolute Gasteiger partial charge is 0.356 e. The summed E-state index contributed by atoms with van der Waals surface area (Å²) in [5.41, 5.74) is 4.38. The molecule has 2 aromatic heterocycles. The summed E-state index contributed by atoms with van der Waals surface area (Å²) in [4.78, 5) is 26.3. The van der Waals surface area contributed by atoms with Gasteiger partial charge in [-0.1, -0.05) is 6.58 Å². The molecule has 0 bridgehead atoms. The summed E-state index contributed by atoms with van der Waals surface area (Å²) in [7, 11) is 3.15. The number of rotatable bonds is 9. The lowest BCUT2D eigenvalue weighted by molar-refractivity contribution is -0.139. The number of methoxy groups -OCH3 is 2. The van der Waals surface area contributed by atoms with Crippen LogP contribution in [0.3, 0.4) is 0 Å². The molecule has 1 aliphatic heterocycles. The highest BCUT2D eigenvalue weighted by atomic mass is 16.7. The number of amides is 1. The van der Waals surface area contributed by atoms with E-state index in [2.05, 4.69) is 22.5 Å². The zero-order valence-corrected chi connectivity index (χ0v) is 20.7. The molecular formula is C27H33N5O3. The molecule has 8 nitrogen and oxygen atoms in total. The van der Waals surface area contributed by atoms with Crippen LogP contribution in [-0.2, 0) is 14.3 Å². The van der Waals surface area contributed by atoms with Crippen LogP contribution in [0.4, 0.5) is 5.82 Å². The third kappa shape index (κ3) is 5.53. The summed E-state index contributed by atoms with van der Waals surface area (Å²) in [5, 5.41) is 10.0. The molecule has 1 saturated heterocycles. The Bertz CT molecular complexity index is 1120. The molecule has 184 valence electrons. The summed E-state index contributed by atoms with van der Waals surface area (Å²) < 4.78 is 10.4. The van der Waals surface area contributed by atoms with Gasteiger partial charge in [-0.25, -0.2) is 4.98 Å². The Labute approximate surface area is 207 Å². The van der Waals surface area contributed by atoms with Gasteiger partial charge in [0.1, 0.15) is 11.9 Å². The Hall–Kier alpha value is -3.28. The van der Waals surface area contributed by atoms with Crippen LogP contribution in [-0.4, -0.2) is 67.0 Å². The summed E-state index contributed by atoms with van der Waals surface area (Å²) >= 11 is 0. The fourth-order valence-electron chi connectivity index (χ4n) is 4.70. The summed E-state index contributed by atoms with van der Waals surface area (Å²) in [6.45, 7) is 7.72. The monoisotopic (exact) mass is 475 g/mol. The van der Waals surface area contributed by atoms with Gasteiger partial charge < -0.3 is 19.3 Å². The minimum Gasteiger partial charge on any atom is -0.356 e. The van der Waals surface area contributed by atoms with Gasteiger partial charge in [-0.2, -0.15) is 5.26 Å². The fraction of sp³-hybridized carbons (Fsp3) is 0.481. The van der Waals surface area contributed by atoms with E-state index in [9.17, 15) is 10.1 Å². The first-order valence-electron chi connectivity index (χ1n) is 12.1. The molecule has 1 unspecified atom stereocenters. The van der Waals surface area contributed by atoms with Crippen LogP contribution in [0.5, 0.6) is 0 Å². The molecule has 1 saturated carbocycles. The number of carbonyl (C=O) groups excluding carboxylic acids is 1. The molecule has 4 rings (SSSR count). The first-order chi connectivity index (χ1) is 17.0. The van der Waals surface area contributed by atoms with E-state index in [0.717, 1.165) is 35.4 Å². The average Bonchev–Trinajstić information content (AvgIpc) is 3.74. The third-order valence-corrected chi connectivity index (χ3v) is 6.78. The Kier molecular flexibility index (Phi) is 7.79. The van der Waals surface area contributed by atoms with E-state index < -0.39 is 0 Å². The molecule has 35 heavy (non-hydrogen) atoms. The minimum absolute atomic E-state index is 0.00697. The van der Waals surface area contributed by atoms with Crippen LogP contribution in [0.1, 0.15) is 55.5 Å². The van der Waals surface area contributed by atoms with Crippen LogP contribution >= 0.6 is 0 Å². The van der Waals surface area contributed by atoms with Gasteiger partial charge in [-0.15, -0.1) is 0 Å². The van der Waals surface area contributed by atoms with Crippen LogP contribution in [0, 0.1) is 11.3 Å². The maximum absolute atomic E-state index is 12.8. The van der Waals surface area contributed by atoms with Gasteiger partial charge in [0.15, 0.2) is 6.29 Å². The van der Waals surface area contributed by atoms with Crippen LogP contribution < -0.4 is 4.90 Å². The van der Waals surface area contributed by atoms with E-state index in [-0.39, 0.29) is 18.2 Å².